The van der Waals surface area contributed by atoms with Gasteiger partial charge in [0, 0.05) is 19.1 Å². The van der Waals surface area contributed by atoms with Gasteiger partial charge in [-0.15, -0.1) is 0 Å². The van der Waals surface area contributed by atoms with Crippen LogP contribution >= 0.6 is 0 Å². The van der Waals surface area contributed by atoms with Crippen LogP contribution in [0.15, 0.2) is 42.5 Å². The maximum absolute atomic E-state index is 12.9. The van der Waals surface area contributed by atoms with Gasteiger partial charge in [-0.2, -0.15) is 13.2 Å². The molecule has 0 unspecified atom stereocenters. The summed E-state index contributed by atoms with van der Waals surface area (Å²) in [5.74, 6) is -1.16. The smallest absolute Gasteiger partial charge is 0.416 e. The van der Waals surface area contributed by atoms with Crippen LogP contribution < -0.4 is 15.4 Å². The zero-order chi connectivity index (χ0) is 20.9. The molecule has 0 fully saturated rings. The molecule has 148 valence electrons. The van der Waals surface area contributed by atoms with Crippen molar-refractivity contribution < 1.29 is 32.4 Å². The van der Waals surface area contributed by atoms with E-state index in [2.05, 4.69) is 10.6 Å². The Bertz CT molecular complexity index is 898. The first-order valence-corrected chi connectivity index (χ1v) is 7.72. The summed E-state index contributed by atoms with van der Waals surface area (Å²) < 4.78 is 43.8. The molecule has 0 aliphatic rings. The van der Waals surface area contributed by atoms with Gasteiger partial charge in [0.1, 0.15) is 5.75 Å². The molecule has 2 aromatic rings. The summed E-state index contributed by atoms with van der Waals surface area (Å²) in [4.78, 5) is 33.2. The summed E-state index contributed by atoms with van der Waals surface area (Å²) in [5.41, 5.74) is -1.43. The molecule has 2 rings (SSSR count). The SMILES string of the molecule is CC(=O)Nc1ccc(C(F)(F)F)cc1NC(=O)COc1ccc([N+](=O)[O-])cc1. The highest BCUT2D eigenvalue weighted by Crippen LogP contribution is 2.34. The molecule has 0 saturated carbocycles. The van der Waals surface area contributed by atoms with E-state index >= 15 is 0 Å². The van der Waals surface area contributed by atoms with E-state index in [9.17, 15) is 32.9 Å². The second-order valence-corrected chi connectivity index (χ2v) is 5.53. The molecular weight excluding hydrogens is 383 g/mol. The number of anilines is 2. The van der Waals surface area contributed by atoms with Crippen LogP contribution in [0.1, 0.15) is 12.5 Å². The number of nitro groups is 1. The third-order valence-corrected chi connectivity index (χ3v) is 3.35. The number of nitrogens with zero attached hydrogens (tertiary/aromatic N) is 1. The lowest BCUT2D eigenvalue weighted by molar-refractivity contribution is -0.384. The van der Waals surface area contributed by atoms with Crippen molar-refractivity contribution in [3.05, 3.63) is 58.1 Å². The number of carbonyl (C=O) groups excluding carboxylic acids is 2. The average Bonchev–Trinajstić information content (AvgIpc) is 2.60. The van der Waals surface area contributed by atoms with Crippen molar-refractivity contribution >= 4 is 28.9 Å². The molecule has 0 atom stereocenters. The first-order valence-electron chi connectivity index (χ1n) is 7.72. The quantitative estimate of drug-likeness (QED) is 0.572. The van der Waals surface area contributed by atoms with Gasteiger partial charge in [-0.1, -0.05) is 0 Å². The van der Waals surface area contributed by atoms with Crippen molar-refractivity contribution in [3.63, 3.8) is 0 Å². The maximum Gasteiger partial charge on any atom is 0.416 e. The van der Waals surface area contributed by atoms with Crippen LogP contribution in [0.4, 0.5) is 30.2 Å². The lowest BCUT2D eigenvalue weighted by Gasteiger charge is -2.15. The zero-order valence-electron chi connectivity index (χ0n) is 14.4. The Morgan fingerprint density at radius 3 is 2.25 bits per heavy atom. The van der Waals surface area contributed by atoms with E-state index in [0.29, 0.717) is 6.07 Å². The van der Waals surface area contributed by atoms with Crippen molar-refractivity contribution in [2.75, 3.05) is 17.2 Å². The van der Waals surface area contributed by atoms with Crippen molar-refractivity contribution in [1.82, 2.24) is 0 Å². The summed E-state index contributed by atoms with van der Waals surface area (Å²) in [5, 5.41) is 15.1. The number of hydrogen-bond acceptors (Lipinski definition) is 5. The van der Waals surface area contributed by atoms with Gasteiger partial charge >= 0.3 is 6.18 Å². The second-order valence-electron chi connectivity index (χ2n) is 5.53. The van der Waals surface area contributed by atoms with Crippen molar-refractivity contribution in [3.8, 4) is 5.75 Å². The average molecular weight is 397 g/mol. The summed E-state index contributed by atoms with van der Waals surface area (Å²) in [7, 11) is 0. The number of alkyl halides is 3. The van der Waals surface area contributed by atoms with E-state index in [4.69, 9.17) is 4.74 Å². The van der Waals surface area contributed by atoms with Gasteiger partial charge in [0.2, 0.25) is 5.91 Å². The van der Waals surface area contributed by atoms with Crippen LogP contribution in [-0.4, -0.2) is 23.3 Å². The van der Waals surface area contributed by atoms with Crippen molar-refractivity contribution in [2.24, 2.45) is 0 Å². The molecule has 0 heterocycles. The highest BCUT2D eigenvalue weighted by atomic mass is 19.4. The van der Waals surface area contributed by atoms with Crippen molar-refractivity contribution in [1.29, 1.82) is 0 Å². The number of carbonyl (C=O) groups is 2. The summed E-state index contributed by atoms with van der Waals surface area (Å²) in [6, 6.07) is 7.39. The second kappa shape index (κ2) is 8.37. The standard InChI is InChI=1S/C17H14F3N3O5/c1-10(24)21-14-7-2-11(17(18,19)20)8-15(14)22-16(25)9-28-13-5-3-12(4-6-13)23(26)27/h2-8H,9H2,1H3,(H,21,24)(H,22,25). The van der Waals surface area contributed by atoms with E-state index in [-0.39, 0.29) is 22.8 Å². The van der Waals surface area contributed by atoms with Gasteiger partial charge < -0.3 is 15.4 Å². The van der Waals surface area contributed by atoms with Gasteiger partial charge in [-0.05, 0) is 30.3 Å². The number of hydrogen-bond donors (Lipinski definition) is 2. The maximum atomic E-state index is 12.9. The van der Waals surface area contributed by atoms with Gasteiger partial charge in [0.15, 0.2) is 6.61 Å². The molecule has 11 heteroatoms. The number of nitro benzene ring substituents is 1. The molecule has 0 aliphatic carbocycles. The molecule has 0 aromatic heterocycles. The summed E-state index contributed by atoms with van der Waals surface area (Å²) in [6.45, 7) is 0.606. The van der Waals surface area contributed by atoms with E-state index < -0.39 is 35.1 Å². The molecule has 0 radical (unpaired) electrons. The lowest BCUT2D eigenvalue weighted by atomic mass is 10.1. The number of benzene rings is 2. The van der Waals surface area contributed by atoms with Crippen molar-refractivity contribution in [2.45, 2.75) is 13.1 Å². The van der Waals surface area contributed by atoms with Crippen LogP contribution in [-0.2, 0) is 15.8 Å². The normalized spacial score (nSPS) is 10.9. The number of rotatable bonds is 6. The Morgan fingerprint density at radius 1 is 1.07 bits per heavy atom. The number of non-ortho nitro benzene ring substituents is 1. The Balaban J connectivity index is 2.10. The fourth-order valence-electron chi connectivity index (χ4n) is 2.12. The topological polar surface area (TPSA) is 111 Å². The summed E-state index contributed by atoms with van der Waals surface area (Å²) >= 11 is 0. The molecule has 2 amide bonds. The van der Waals surface area contributed by atoms with E-state index in [1.807, 2.05) is 0 Å². The van der Waals surface area contributed by atoms with Crippen LogP contribution in [0, 0.1) is 10.1 Å². The molecule has 0 aliphatic heterocycles. The minimum atomic E-state index is -4.64. The molecule has 0 saturated heterocycles. The Kier molecular flexibility index (Phi) is 6.18. The van der Waals surface area contributed by atoms with Crippen LogP contribution in [0.25, 0.3) is 0 Å². The zero-order valence-corrected chi connectivity index (χ0v) is 14.4. The Morgan fingerprint density at radius 2 is 1.71 bits per heavy atom. The largest absolute Gasteiger partial charge is 0.484 e. The van der Waals surface area contributed by atoms with Gasteiger partial charge in [-0.25, -0.2) is 0 Å². The first-order chi connectivity index (χ1) is 13.1. The van der Waals surface area contributed by atoms with Gasteiger partial charge in [-0.3, -0.25) is 19.7 Å². The highest BCUT2D eigenvalue weighted by Gasteiger charge is 2.31. The van der Waals surface area contributed by atoms with Crippen LogP contribution in [0.2, 0.25) is 0 Å². The van der Waals surface area contributed by atoms with Gasteiger partial charge in [0.05, 0.1) is 21.9 Å². The lowest BCUT2D eigenvalue weighted by Crippen LogP contribution is -2.22. The Hall–Kier alpha value is -3.63. The predicted molar refractivity (Wildman–Crippen MR) is 93.0 cm³/mol. The minimum absolute atomic E-state index is 0.0100. The van der Waals surface area contributed by atoms with Gasteiger partial charge in [0.25, 0.3) is 11.6 Å². The monoisotopic (exact) mass is 397 g/mol. The molecular formula is C17H14F3N3O5. The van der Waals surface area contributed by atoms with Crippen LogP contribution in [0.3, 0.4) is 0 Å². The summed E-state index contributed by atoms with van der Waals surface area (Å²) in [6.07, 6.45) is -4.64. The molecule has 0 bridgehead atoms. The first kappa shape index (κ1) is 20.7. The van der Waals surface area contributed by atoms with E-state index in [1.54, 1.807) is 0 Å². The molecule has 28 heavy (non-hydrogen) atoms. The fraction of sp³-hybridized carbons (Fsp3) is 0.176. The van der Waals surface area contributed by atoms with E-state index in [1.165, 1.54) is 31.2 Å². The number of amides is 2. The number of halogens is 3. The molecule has 2 N–H and O–H groups in total. The molecule has 2 aromatic carbocycles. The minimum Gasteiger partial charge on any atom is -0.484 e. The third-order valence-electron chi connectivity index (χ3n) is 3.35. The fourth-order valence-corrected chi connectivity index (χ4v) is 2.12. The number of ether oxygens (including phenoxy) is 1. The number of nitrogens with one attached hydrogen (secondary N) is 2. The molecule has 8 nitrogen and oxygen atoms in total. The van der Waals surface area contributed by atoms with E-state index in [0.717, 1.165) is 12.1 Å². The predicted octanol–water partition coefficient (Wildman–Crippen LogP) is 3.59. The molecule has 0 spiro atoms. The third kappa shape index (κ3) is 5.69. The highest BCUT2D eigenvalue weighted by molar-refractivity contribution is 5.99. The Labute approximate surface area is 156 Å². The van der Waals surface area contributed by atoms with Crippen LogP contribution in [0.5, 0.6) is 5.75 Å².